The molecule has 8 nitrogen and oxygen atoms in total. The molecule has 1 heterocycles. The molecule has 0 spiro atoms. The average Bonchev–Trinajstić information content (AvgIpc) is 3.31. The summed E-state index contributed by atoms with van der Waals surface area (Å²) < 4.78 is 67.1. The number of benzene rings is 2. The van der Waals surface area contributed by atoms with Crippen molar-refractivity contribution in [3.05, 3.63) is 59.2 Å². The third-order valence-corrected chi connectivity index (χ3v) is 8.42. The van der Waals surface area contributed by atoms with Gasteiger partial charge in [-0.1, -0.05) is 36.1 Å². The van der Waals surface area contributed by atoms with E-state index in [1.165, 1.54) is 13.2 Å². The summed E-state index contributed by atoms with van der Waals surface area (Å²) >= 11 is 0. The summed E-state index contributed by atoms with van der Waals surface area (Å²) in [5, 5.41) is 0. The number of nitrogens with zero attached hydrogens (tertiary/aromatic N) is 1. The van der Waals surface area contributed by atoms with Crippen LogP contribution in [-0.2, 0) is 30.7 Å². The normalized spacial score (nSPS) is 16.9. The van der Waals surface area contributed by atoms with Crippen LogP contribution in [0.15, 0.2) is 36.4 Å². The van der Waals surface area contributed by atoms with E-state index < -0.39 is 45.4 Å². The van der Waals surface area contributed by atoms with E-state index >= 15 is 0 Å². The molecule has 2 aromatic rings. The predicted octanol–water partition coefficient (Wildman–Crippen LogP) is 5.58. The fourth-order valence-corrected chi connectivity index (χ4v) is 5.78. The van der Waals surface area contributed by atoms with Crippen molar-refractivity contribution in [3.63, 3.8) is 0 Å². The lowest BCUT2D eigenvalue weighted by molar-refractivity contribution is -0.140. The molecule has 0 aromatic heterocycles. The van der Waals surface area contributed by atoms with Crippen LogP contribution in [0.25, 0.3) is 11.1 Å². The van der Waals surface area contributed by atoms with Gasteiger partial charge in [0.2, 0.25) is 10.0 Å². The molecule has 1 saturated heterocycles. The number of amides is 1. The van der Waals surface area contributed by atoms with Gasteiger partial charge >= 0.3 is 12.1 Å². The van der Waals surface area contributed by atoms with Crippen LogP contribution in [-0.4, -0.2) is 62.5 Å². The lowest BCUT2D eigenvalue weighted by Gasteiger charge is -2.31. The van der Waals surface area contributed by atoms with Gasteiger partial charge in [-0.25, -0.2) is 26.7 Å². The second kappa shape index (κ2) is 14.8. The first-order valence-corrected chi connectivity index (χ1v) is 16.0. The smallest absolute Gasteiger partial charge is 0.410 e. The second-order valence-corrected chi connectivity index (χ2v) is 13.5. The molecule has 0 radical (unpaired) electrons. The zero-order valence-corrected chi connectivity index (χ0v) is 26.2. The first-order chi connectivity index (χ1) is 20.2. The molecular formula is C32H40F2N2O6S. The first-order valence-electron chi connectivity index (χ1n) is 14.4. The van der Waals surface area contributed by atoms with E-state index in [1.54, 1.807) is 50.8 Å². The highest BCUT2D eigenvalue weighted by molar-refractivity contribution is 7.89. The summed E-state index contributed by atoms with van der Waals surface area (Å²) in [6.07, 6.45) is 2.05. The maximum absolute atomic E-state index is 14.9. The molecule has 1 aliphatic heterocycles. The van der Waals surface area contributed by atoms with E-state index in [1.807, 2.05) is 6.07 Å². The highest BCUT2D eigenvalue weighted by atomic mass is 32.2. The molecular weight excluding hydrogens is 578 g/mol. The van der Waals surface area contributed by atoms with Crippen molar-refractivity contribution in [1.29, 1.82) is 0 Å². The van der Waals surface area contributed by atoms with Gasteiger partial charge in [-0.3, -0.25) is 4.79 Å². The number of likely N-dealkylation sites (tertiary alicyclic amines) is 1. The van der Waals surface area contributed by atoms with Crippen molar-refractivity contribution in [3.8, 4) is 23.0 Å². The molecule has 234 valence electrons. The quantitative estimate of drug-likeness (QED) is 0.212. The third-order valence-electron chi connectivity index (χ3n) is 7.00. The minimum atomic E-state index is -3.55. The van der Waals surface area contributed by atoms with Crippen molar-refractivity contribution >= 4 is 22.1 Å². The van der Waals surface area contributed by atoms with Crippen LogP contribution in [0.3, 0.4) is 0 Å². The van der Waals surface area contributed by atoms with Crippen molar-refractivity contribution in [2.24, 2.45) is 0 Å². The number of carbonyl (C=O) groups excluding carboxylic acids is 2. The van der Waals surface area contributed by atoms with Crippen LogP contribution >= 0.6 is 0 Å². The summed E-state index contributed by atoms with van der Waals surface area (Å²) in [4.78, 5) is 25.9. The topological polar surface area (TPSA) is 102 Å². The van der Waals surface area contributed by atoms with Gasteiger partial charge in [0, 0.05) is 37.1 Å². The lowest BCUT2D eigenvalue weighted by Crippen LogP contribution is -2.49. The number of rotatable bonds is 10. The van der Waals surface area contributed by atoms with Gasteiger partial charge < -0.3 is 14.4 Å². The zero-order chi connectivity index (χ0) is 31.8. The Bertz CT molecular complexity index is 1480. The first kappa shape index (κ1) is 34.0. The maximum Gasteiger partial charge on any atom is 0.410 e. The van der Waals surface area contributed by atoms with Crippen LogP contribution in [0.4, 0.5) is 13.6 Å². The van der Waals surface area contributed by atoms with Gasteiger partial charge in [0.15, 0.2) is 0 Å². The molecule has 2 unspecified atom stereocenters. The Morgan fingerprint density at radius 2 is 1.88 bits per heavy atom. The van der Waals surface area contributed by atoms with E-state index in [4.69, 9.17) is 4.74 Å². The van der Waals surface area contributed by atoms with Crippen molar-refractivity contribution in [2.45, 2.75) is 83.9 Å². The van der Waals surface area contributed by atoms with Gasteiger partial charge in [0.1, 0.15) is 17.2 Å². The number of hydrogen-bond donors (Lipinski definition) is 1. The number of sulfonamides is 1. The molecule has 2 aromatic carbocycles. The molecule has 11 heteroatoms. The van der Waals surface area contributed by atoms with E-state index in [-0.39, 0.29) is 35.7 Å². The highest BCUT2D eigenvalue weighted by Crippen LogP contribution is 2.30. The summed E-state index contributed by atoms with van der Waals surface area (Å²) in [5.41, 5.74) is 0.864. The molecule has 0 saturated carbocycles. The van der Waals surface area contributed by atoms with Gasteiger partial charge in [0.05, 0.1) is 24.5 Å². The average molecular weight is 619 g/mol. The van der Waals surface area contributed by atoms with Gasteiger partial charge in [-0.05, 0) is 70.6 Å². The molecule has 3 rings (SSSR count). The molecule has 1 fully saturated rings. The number of carbonyl (C=O) groups is 2. The third kappa shape index (κ3) is 10.0. The largest absolute Gasteiger partial charge is 0.469 e. The van der Waals surface area contributed by atoms with Crippen molar-refractivity contribution in [2.75, 3.05) is 19.4 Å². The summed E-state index contributed by atoms with van der Waals surface area (Å²) in [6.45, 7) is 7.14. The number of methoxy groups -OCH3 is 1. The van der Waals surface area contributed by atoms with E-state index in [0.29, 0.717) is 37.8 Å². The Labute approximate surface area is 253 Å². The molecule has 0 aliphatic carbocycles. The zero-order valence-electron chi connectivity index (χ0n) is 25.3. The van der Waals surface area contributed by atoms with Gasteiger partial charge in [-0.2, -0.15) is 0 Å². The van der Waals surface area contributed by atoms with Crippen LogP contribution < -0.4 is 4.72 Å². The number of halogens is 2. The Kier molecular flexibility index (Phi) is 11.7. The molecule has 1 amide bonds. The number of ether oxygens (including phenoxy) is 2. The number of nitrogens with one attached hydrogen (secondary N) is 1. The maximum atomic E-state index is 14.9. The fourth-order valence-electron chi connectivity index (χ4n) is 4.88. The lowest BCUT2D eigenvalue weighted by atomic mass is 9.94. The number of esters is 1. The second-order valence-electron chi connectivity index (χ2n) is 11.5. The van der Waals surface area contributed by atoms with Crippen LogP contribution in [0.1, 0.15) is 70.9 Å². The fraction of sp³-hybridized carbons (Fsp3) is 0.500. The summed E-state index contributed by atoms with van der Waals surface area (Å²) in [7, 11) is -2.22. The number of unbranched alkanes of at least 4 members (excludes halogenated alkanes) is 2. The summed E-state index contributed by atoms with van der Waals surface area (Å²) in [6, 6.07) is 8.00. The Morgan fingerprint density at radius 1 is 1.14 bits per heavy atom. The van der Waals surface area contributed by atoms with Crippen molar-refractivity contribution in [1.82, 2.24) is 9.62 Å². The minimum absolute atomic E-state index is 0.0522. The molecule has 1 aliphatic rings. The van der Waals surface area contributed by atoms with Crippen LogP contribution in [0.2, 0.25) is 0 Å². The molecule has 43 heavy (non-hydrogen) atoms. The molecule has 1 N–H and O–H groups in total. The number of hydrogen-bond acceptors (Lipinski definition) is 6. The van der Waals surface area contributed by atoms with E-state index in [2.05, 4.69) is 21.3 Å². The predicted molar refractivity (Wildman–Crippen MR) is 161 cm³/mol. The minimum Gasteiger partial charge on any atom is -0.469 e. The van der Waals surface area contributed by atoms with Crippen molar-refractivity contribution < 1.29 is 36.3 Å². The van der Waals surface area contributed by atoms with E-state index in [9.17, 15) is 26.8 Å². The SMILES string of the molecule is CCS(=O)(=O)NC1CCN(C(=O)OC(C)(C)C)C1Cc1cccc(-c2cc(F)cc(F)c2C#CCCCCC(=O)OC)c1. The molecule has 2 atom stereocenters. The van der Waals surface area contributed by atoms with Gasteiger partial charge in [0.25, 0.3) is 0 Å². The van der Waals surface area contributed by atoms with Crippen LogP contribution in [0.5, 0.6) is 0 Å². The van der Waals surface area contributed by atoms with Crippen LogP contribution in [0, 0.1) is 23.5 Å². The summed E-state index contributed by atoms with van der Waals surface area (Å²) in [5.74, 6) is 3.81. The monoisotopic (exact) mass is 618 g/mol. The Hall–Kier alpha value is -3.49. The Balaban J connectivity index is 1.90. The molecule has 0 bridgehead atoms. The highest BCUT2D eigenvalue weighted by Gasteiger charge is 2.40. The standard InChI is InChI=1S/C32H40F2N2O6S/c1-6-43(39,40)35-28-16-17-36(31(38)42-32(2,3)4)29(28)19-22-12-11-13-23(18-22)26-20-24(33)21-27(34)25(26)14-9-7-8-10-15-30(37)41-5/h11-13,18,20-21,28-29,35H,6-8,10,15-17,19H2,1-5H3. The Morgan fingerprint density at radius 3 is 2.56 bits per heavy atom. The van der Waals surface area contributed by atoms with Gasteiger partial charge in [-0.15, -0.1) is 0 Å². The van der Waals surface area contributed by atoms with E-state index in [0.717, 1.165) is 11.6 Å².